The maximum Gasteiger partial charge on any atom is 0.270 e. The van der Waals surface area contributed by atoms with Gasteiger partial charge in [0.2, 0.25) is 0 Å². The molecule has 0 radical (unpaired) electrons. The number of hydrogen-bond acceptors (Lipinski definition) is 4. The van der Waals surface area contributed by atoms with Crippen LogP contribution in [-0.4, -0.2) is 42.4 Å². The van der Waals surface area contributed by atoms with E-state index < -0.39 is 4.92 Å². The van der Waals surface area contributed by atoms with E-state index in [9.17, 15) is 14.9 Å². The summed E-state index contributed by atoms with van der Waals surface area (Å²) >= 11 is 5.94. The number of nitro groups is 1. The highest BCUT2D eigenvalue weighted by Gasteiger charge is 2.19. The van der Waals surface area contributed by atoms with Crippen LogP contribution in [0.4, 0.5) is 5.69 Å². The van der Waals surface area contributed by atoms with Crippen LogP contribution in [-0.2, 0) is 0 Å². The molecule has 1 aliphatic heterocycles. The molecule has 1 heterocycles. The second kappa shape index (κ2) is 6.87. The maximum atomic E-state index is 12.1. The molecule has 1 amide bonds. The van der Waals surface area contributed by atoms with Crippen LogP contribution in [0.25, 0.3) is 0 Å². The third kappa shape index (κ3) is 4.15. The number of non-ortho nitro benzene ring substituents is 1. The predicted octanol–water partition coefficient (Wildman–Crippen LogP) is 2.32. The van der Waals surface area contributed by atoms with Crippen molar-refractivity contribution < 1.29 is 9.72 Å². The molecule has 1 aromatic rings. The van der Waals surface area contributed by atoms with Crippen molar-refractivity contribution >= 4 is 23.2 Å². The minimum atomic E-state index is -0.536. The molecule has 0 bridgehead atoms. The van der Waals surface area contributed by atoms with Crippen LogP contribution < -0.4 is 5.32 Å². The SMILES string of the molecule is CN1CCCC(CNC(=O)c2ccc([N+](=O)[O-])cc2Cl)C1. The van der Waals surface area contributed by atoms with Crippen LogP contribution in [0.3, 0.4) is 0 Å². The molecule has 1 atom stereocenters. The van der Waals surface area contributed by atoms with Gasteiger partial charge in [-0.25, -0.2) is 0 Å². The lowest BCUT2D eigenvalue weighted by atomic mass is 9.98. The van der Waals surface area contributed by atoms with Gasteiger partial charge in [-0.2, -0.15) is 0 Å². The summed E-state index contributed by atoms with van der Waals surface area (Å²) in [5.74, 6) is 0.146. The molecule has 6 nitrogen and oxygen atoms in total. The number of carbonyl (C=O) groups excluding carboxylic acids is 1. The van der Waals surface area contributed by atoms with E-state index in [4.69, 9.17) is 11.6 Å². The first-order valence-corrected chi connectivity index (χ1v) is 7.26. The largest absolute Gasteiger partial charge is 0.352 e. The molecule has 1 unspecified atom stereocenters. The highest BCUT2D eigenvalue weighted by Crippen LogP contribution is 2.22. The second-order valence-corrected chi connectivity index (χ2v) is 5.81. The lowest BCUT2D eigenvalue weighted by molar-refractivity contribution is -0.384. The van der Waals surface area contributed by atoms with Crippen LogP contribution in [0.2, 0.25) is 5.02 Å². The van der Waals surface area contributed by atoms with Gasteiger partial charge in [0.1, 0.15) is 0 Å². The number of halogens is 1. The first-order chi connectivity index (χ1) is 9.97. The molecular formula is C14H18ClN3O3. The minimum absolute atomic E-state index is 0.0995. The fourth-order valence-electron chi connectivity index (χ4n) is 2.57. The molecule has 0 aliphatic carbocycles. The van der Waals surface area contributed by atoms with Gasteiger partial charge < -0.3 is 10.2 Å². The number of rotatable bonds is 4. The Hall–Kier alpha value is -1.66. The van der Waals surface area contributed by atoms with Gasteiger partial charge in [0, 0.05) is 25.2 Å². The van der Waals surface area contributed by atoms with Gasteiger partial charge in [0.15, 0.2) is 0 Å². The summed E-state index contributed by atoms with van der Waals surface area (Å²) in [6.45, 7) is 2.66. The summed E-state index contributed by atoms with van der Waals surface area (Å²) in [4.78, 5) is 24.4. The lowest BCUT2D eigenvalue weighted by Gasteiger charge is -2.29. The van der Waals surface area contributed by atoms with E-state index in [1.807, 2.05) is 0 Å². The van der Waals surface area contributed by atoms with E-state index >= 15 is 0 Å². The van der Waals surface area contributed by atoms with E-state index in [0.29, 0.717) is 12.5 Å². The van der Waals surface area contributed by atoms with Gasteiger partial charge in [-0.15, -0.1) is 0 Å². The number of piperidine rings is 1. The van der Waals surface area contributed by atoms with Crippen molar-refractivity contribution in [3.05, 3.63) is 38.9 Å². The molecular weight excluding hydrogens is 294 g/mol. The number of amides is 1. The Balaban J connectivity index is 1.95. The summed E-state index contributed by atoms with van der Waals surface area (Å²) in [5, 5.41) is 13.6. The van der Waals surface area contributed by atoms with E-state index in [0.717, 1.165) is 25.9 Å². The Kier molecular flexibility index (Phi) is 5.14. The van der Waals surface area contributed by atoms with Gasteiger partial charge in [-0.05, 0) is 38.4 Å². The van der Waals surface area contributed by atoms with Crippen molar-refractivity contribution in [2.24, 2.45) is 5.92 Å². The average molecular weight is 312 g/mol. The minimum Gasteiger partial charge on any atom is -0.352 e. The molecule has 7 heteroatoms. The number of likely N-dealkylation sites (tertiary alicyclic amines) is 1. The Morgan fingerprint density at radius 2 is 2.33 bits per heavy atom. The molecule has 21 heavy (non-hydrogen) atoms. The number of nitro benzene ring substituents is 1. The summed E-state index contributed by atoms with van der Waals surface area (Å²) < 4.78 is 0. The highest BCUT2D eigenvalue weighted by molar-refractivity contribution is 6.34. The number of benzene rings is 1. The molecule has 1 aliphatic rings. The summed E-state index contributed by atoms with van der Waals surface area (Å²) in [6.07, 6.45) is 2.23. The first kappa shape index (κ1) is 15.7. The zero-order chi connectivity index (χ0) is 15.4. The fraction of sp³-hybridized carbons (Fsp3) is 0.500. The van der Waals surface area contributed by atoms with E-state index in [2.05, 4.69) is 17.3 Å². The molecule has 1 saturated heterocycles. The molecule has 1 aromatic carbocycles. The van der Waals surface area contributed by atoms with E-state index in [-0.39, 0.29) is 22.2 Å². The maximum absolute atomic E-state index is 12.1. The normalized spacial score (nSPS) is 19.2. The van der Waals surface area contributed by atoms with Crippen LogP contribution in [0.15, 0.2) is 18.2 Å². The third-order valence-electron chi connectivity index (χ3n) is 3.68. The van der Waals surface area contributed by atoms with Crippen molar-refractivity contribution in [1.82, 2.24) is 10.2 Å². The van der Waals surface area contributed by atoms with Gasteiger partial charge in [-0.1, -0.05) is 11.6 Å². The molecule has 0 aromatic heterocycles. The monoisotopic (exact) mass is 311 g/mol. The molecule has 1 N–H and O–H groups in total. The van der Waals surface area contributed by atoms with Gasteiger partial charge in [0.25, 0.3) is 11.6 Å². The zero-order valence-electron chi connectivity index (χ0n) is 11.8. The number of carbonyl (C=O) groups is 1. The van der Waals surface area contributed by atoms with Crippen LogP contribution >= 0.6 is 11.6 Å². The predicted molar refractivity (Wildman–Crippen MR) is 80.7 cm³/mol. The number of nitrogens with one attached hydrogen (secondary N) is 1. The molecule has 1 fully saturated rings. The van der Waals surface area contributed by atoms with Gasteiger partial charge in [-0.3, -0.25) is 14.9 Å². The van der Waals surface area contributed by atoms with Crippen molar-refractivity contribution in [3.63, 3.8) is 0 Å². The highest BCUT2D eigenvalue weighted by atomic mass is 35.5. The van der Waals surface area contributed by atoms with Crippen LogP contribution in [0.5, 0.6) is 0 Å². The molecule has 0 spiro atoms. The van der Waals surface area contributed by atoms with Gasteiger partial charge in [0.05, 0.1) is 15.5 Å². The van der Waals surface area contributed by atoms with Crippen molar-refractivity contribution in [2.45, 2.75) is 12.8 Å². The third-order valence-corrected chi connectivity index (χ3v) is 3.99. The van der Waals surface area contributed by atoms with Crippen molar-refractivity contribution in [2.75, 3.05) is 26.7 Å². The van der Waals surface area contributed by atoms with Gasteiger partial charge >= 0.3 is 0 Å². The van der Waals surface area contributed by atoms with Crippen LogP contribution in [0, 0.1) is 16.0 Å². The quantitative estimate of drug-likeness (QED) is 0.684. The van der Waals surface area contributed by atoms with Crippen LogP contribution in [0.1, 0.15) is 23.2 Å². The Bertz CT molecular complexity index is 550. The number of nitrogens with zero attached hydrogens (tertiary/aromatic N) is 2. The average Bonchev–Trinajstić information content (AvgIpc) is 2.44. The smallest absolute Gasteiger partial charge is 0.270 e. The Morgan fingerprint density at radius 1 is 1.57 bits per heavy atom. The number of hydrogen-bond donors (Lipinski definition) is 1. The Labute approximate surface area is 128 Å². The van der Waals surface area contributed by atoms with E-state index in [1.54, 1.807) is 0 Å². The first-order valence-electron chi connectivity index (χ1n) is 6.88. The standard InChI is InChI=1S/C14H18ClN3O3/c1-17-6-2-3-10(9-17)8-16-14(19)12-5-4-11(18(20)21)7-13(12)15/h4-5,7,10H,2-3,6,8-9H2,1H3,(H,16,19). The van der Waals surface area contributed by atoms with Crippen molar-refractivity contribution in [3.8, 4) is 0 Å². The molecule has 114 valence electrons. The van der Waals surface area contributed by atoms with Crippen molar-refractivity contribution in [1.29, 1.82) is 0 Å². The molecule has 0 saturated carbocycles. The Morgan fingerprint density at radius 3 is 2.95 bits per heavy atom. The summed E-state index contributed by atoms with van der Waals surface area (Å²) in [6, 6.07) is 3.88. The topological polar surface area (TPSA) is 75.5 Å². The second-order valence-electron chi connectivity index (χ2n) is 5.40. The summed E-state index contributed by atoms with van der Waals surface area (Å²) in [7, 11) is 2.07. The fourth-order valence-corrected chi connectivity index (χ4v) is 2.83. The lowest BCUT2D eigenvalue weighted by Crippen LogP contribution is -2.39. The zero-order valence-corrected chi connectivity index (χ0v) is 12.6. The summed E-state index contributed by atoms with van der Waals surface area (Å²) in [5.41, 5.74) is 0.150. The molecule has 2 rings (SSSR count). The van der Waals surface area contributed by atoms with E-state index in [1.165, 1.54) is 18.2 Å².